The predicted molar refractivity (Wildman–Crippen MR) is 50.6 cm³/mol. The van der Waals surface area contributed by atoms with Gasteiger partial charge in [0.2, 0.25) is 0 Å². The fourth-order valence-electron chi connectivity index (χ4n) is 1.65. The van der Waals surface area contributed by atoms with Crippen molar-refractivity contribution in [2.45, 2.75) is 58.7 Å². The third-order valence-corrected chi connectivity index (χ3v) is 1.51. The van der Waals surface area contributed by atoms with Gasteiger partial charge in [-0.2, -0.15) is 0 Å². The van der Waals surface area contributed by atoms with Crippen molar-refractivity contribution in [2.75, 3.05) is 0 Å². The van der Waals surface area contributed by atoms with Gasteiger partial charge in [0.05, 0.1) is 0 Å². The first kappa shape index (κ1) is 10.9. The van der Waals surface area contributed by atoms with Gasteiger partial charge < -0.3 is 11.1 Å². The van der Waals surface area contributed by atoms with Crippen LogP contribution in [0.2, 0.25) is 0 Å². The van der Waals surface area contributed by atoms with Crippen LogP contribution >= 0.6 is 0 Å². The molecule has 0 saturated heterocycles. The van der Waals surface area contributed by atoms with E-state index in [4.69, 9.17) is 5.73 Å². The summed E-state index contributed by atoms with van der Waals surface area (Å²) in [5.74, 6) is 0. The van der Waals surface area contributed by atoms with Crippen molar-refractivity contribution >= 4 is 0 Å². The van der Waals surface area contributed by atoms with E-state index < -0.39 is 0 Å². The zero-order valence-electron chi connectivity index (χ0n) is 8.44. The van der Waals surface area contributed by atoms with Gasteiger partial charge in [-0.15, -0.1) is 0 Å². The SMILES string of the molecule is CC(N)CC(C)(C)NC(C)C. The smallest absolute Gasteiger partial charge is 0.0142 e. The van der Waals surface area contributed by atoms with Gasteiger partial charge in [0, 0.05) is 17.6 Å². The molecule has 0 radical (unpaired) electrons. The lowest BCUT2D eigenvalue weighted by molar-refractivity contribution is 0.315. The molecule has 0 saturated carbocycles. The van der Waals surface area contributed by atoms with Crippen molar-refractivity contribution < 1.29 is 0 Å². The minimum atomic E-state index is 0.169. The molecule has 0 aliphatic heterocycles. The first-order chi connectivity index (χ1) is 4.83. The second-order valence-corrected chi connectivity index (χ2v) is 4.36. The lowest BCUT2D eigenvalue weighted by Gasteiger charge is -2.30. The molecule has 0 heterocycles. The monoisotopic (exact) mass is 158 g/mol. The third-order valence-electron chi connectivity index (χ3n) is 1.51. The van der Waals surface area contributed by atoms with Gasteiger partial charge in [0.25, 0.3) is 0 Å². The Bertz CT molecular complexity index is 94.1. The van der Waals surface area contributed by atoms with Crippen molar-refractivity contribution in [3.63, 3.8) is 0 Å². The van der Waals surface area contributed by atoms with E-state index in [0.717, 1.165) is 6.42 Å². The van der Waals surface area contributed by atoms with E-state index in [0.29, 0.717) is 6.04 Å². The van der Waals surface area contributed by atoms with Crippen LogP contribution < -0.4 is 11.1 Å². The van der Waals surface area contributed by atoms with Gasteiger partial charge in [0.1, 0.15) is 0 Å². The van der Waals surface area contributed by atoms with Gasteiger partial charge in [-0.1, -0.05) is 13.8 Å². The lowest BCUT2D eigenvalue weighted by atomic mass is 9.95. The second kappa shape index (κ2) is 4.07. The molecule has 68 valence electrons. The quantitative estimate of drug-likeness (QED) is 0.650. The molecular weight excluding hydrogens is 136 g/mol. The molecule has 0 fully saturated rings. The Hall–Kier alpha value is -0.0800. The molecule has 0 rings (SSSR count). The highest BCUT2D eigenvalue weighted by molar-refractivity contribution is 4.82. The highest BCUT2D eigenvalue weighted by Crippen LogP contribution is 2.10. The Morgan fingerprint density at radius 3 is 2.00 bits per heavy atom. The molecule has 0 aliphatic carbocycles. The topological polar surface area (TPSA) is 38.0 Å². The summed E-state index contributed by atoms with van der Waals surface area (Å²) < 4.78 is 0. The van der Waals surface area contributed by atoms with Crippen LogP contribution in [0.25, 0.3) is 0 Å². The predicted octanol–water partition coefficient (Wildman–Crippen LogP) is 1.50. The molecule has 0 spiro atoms. The molecule has 0 aromatic rings. The van der Waals surface area contributed by atoms with Gasteiger partial charge in [-0.05, 0) is 27.2 Å². The zero-order chi connectivity index (χ0) is 9.07. The average Bonchev–Trinajstić information content (AvgIpc) is 1.53. The molecule has 0 aromatic heterocycles. The number of nitrogens with two attached hydrogens (primary N) is 1. The second-order valence-electron chi connectivity index (χ2n) is 4.36. The lowest BCUT2D eigenvalue weighted by Crippen LogP contribution is -2.46. The van der Waals surface area contributed by atoms with Gasteiger partial charge in [-0.3, -0.25) is 0 Å². The summed E-state index contributed by atoms with van der Waals surface area (Å²) in [7, 11) is 0. The van der Waals surface area contributed by atoms with Crippen LogP contribution in [-0.4, -0.2) is 17.6 Å². The van der Waals surface area contributed by atoms with E-state index in [9.17, 15) is 0 Å². The van der Waals surface area contributed by atoms with Crippen molar-refractivity contribution in [1.82, 2.24) is 5.32 Å². The first-order valence-electron chi connectivity index (χ1n) is 4.37. The summed E-state index contributed by atoms with van der Waals surface area (Å²) in [5, 5.41) is 3.47. The molecule has 2 nitrogen and oxygen atoms in total. The third kappa shape index (κ3) is 6.32. The normalized spacial score (nSPS) is 15.5. The maximum atomic E-state index is 5.71. The summed E-state index contributed by atoms with van der Waals surface area (Å²) >= 11 is 0. The number of nitrogens with one attached hydrogen (secondary N) is 1. The highest BCUT2D eigenvalue weighted by atomic mass is 15.0. The van der Waals surface area contributed by atoms with E-state index >= 15 is 0 Å². The maximum Gasteiger partial charge on any atom is 0.0142 e. The standard InChI is InChI=1S/C9H22N2/c1-7(2)11-9(4,5)6-8(3)10/h7-8,11H,6,10H2,1-5H3. The molecule has 0 aliphatic rings. The Morgan fingerprint density at radius 1 is 1.27 bits per heavy atom. The molecule has 0 bridgehead atoms. The summed E-state index contributed by atoms with van der Waals surface area (Å²) in [5.41, 5.74) is 5.88. The van der Waals surface area contributed by atoms with Crippen molar-refractivity contribution in [1.29, 1.82) is 0 Å². The molecule has 0 aromatic carbocycles. The van der Waals surface area contributed by atoms with Gasteiger partial charge in [-0.25, -0.2) is 0 Å². The molecule has 1 atom stereocenters. The fraction of sp³-hybridized carbons (Fsp3) is 1.00. The van der Waals surface area contributed by atoms with Crippen LogP contribution in [0.4, 0.5) is 0 Å². The van der Waals surface area contributed by atoms with Crippen molar-refractivity contribution in [3.05, 3.63) is 0 Å². The van der Waals surface area contributed by atoms with E-state index in [1.54, 1.807) is 0 Å². The Balaban J connectivity index is 3.79. The Labute approximate surface area is 70.5 Å². The Morgan fingerprint density at radius 2 is 1.73 bits per heavy atom. The van der Waals surface area contributed by atoms with E-state index in [-0.39, 0.29) is 11.6 Å². The molecule has 1 unspecified atom stereocenters. The highest BCUT2D eigenvalue weighted by Gasteiger charge is 2.19. The Kier molecular flexibility index (Phi) is 4.04. The molecule has 0 amide bonds. The van der Waals surface area contributed by atoms with Crippen LogP contribution in [0, 0.1) is 0 Å². The van der Waals surface area contributed by atoms with E-state index in [1.807, 2.05) is 6.92 Å². The first-order valence-corrected chi connectivity index (χ1v) is 4.37. The number of hydrogen-bond acceptors (Lipinski definition) is 2. The summed E-state index contributed by atoms with van der Waals surface area (Å²) in [6, 6.07) is 0.806. The van der Waals surface area contributed by atoms with E-state index in [2.05, 4.69) is 33.0 Å². The summed E-state index contributed by atoms with van der Waals surface area (Å²) in [6.07, 6.45) is 1.02. The summed E-state index contributed by atoms with van der Waals surface area (Å²) in [6.45, 7) is 10.7. The average molecular weight is 158 g/mol. The van der Waals surface area contributed by atoms with Crippen LogP contribution in [0.1, 0.15) is 41.0 Å². The van der Waals surface area contributed by atoms with Crippen LogP contribution in [0.5, 0.6) is 0 Å². The largest absolute Gasteiger partial charge is 0.328 e. The van der Waals surface area contributed by atoms with Gasteiger partial charge in [0.15, 0.2) is 0 Å². The van der Waals surface area contributed by atoms with Crippen LogP contribution in [-0.2, 0) is 0 Å². The van der Waals surface area contributed by atoms with Crippen molar-refractivity contribution in [2.24, 2.45) is 5.73 Å². The molecule has 2 heteroatoms. The van der Waals surface area contributed by atoms with Crippen LogP contribution in [0.15, 0.2) is 0 Å². The number of rotatable bonds is 4. The summed E-state index contributed by atoms with van der Waals surface area (Å²) in [4.78, 5) is 0. The van der Waals surface area contributed by atoms with Gasteiger partial charge >= 0.3 is 0 Å². The zero-order valence-corrected chi connectivity index (χ0v) is 8.44. The molecule has 11 heavy (non-hydrogen) atoms. The van der Waals surface area contributed by atoms with Crippen molar-refractivity contribution in [3.8, 4) is 0 Å². The molecular formula is C9H22N2. The number of hydrogen-bond donors (Lipinski definition) is 2. The minimum Gasteiger partial charge on any atom is -0.328 e. The van der Waals surface area contributed by atoms with Crippen LogP contribution in [0.3, 0.4) is 0 Å². The fourth-order valence-corrected chi connectivity index (χ4v) is 1.65. The molecule has 3 N–H and O–H groups in total. The van der Waals surface area contributed by atoms with E-state index in [1.165, 1.54) is 0 Å². The minimum absolute atomic E-state index is 0.169. The maximum absolute atomic E-state index is 5.71.